The molecule has 5 heteroatoms. The Balaban J connectivity index is 1.75. The summed E-state index contributed by atoms with van der Waals surface area (Å²) in [4.78, 5) is 25.2. The van der Waals surface area contributed by atoms with Gasteiger partial charge in [0.1, 0.15) is 6.04 Å². The number of carbonyl (C=O) groups excluding carboxylic acids is 1. The minimum atomic E-state index is -0.922. The second-order valence-electron chi connectivity index (χ2n) is 6.25. The van der Waals surface area contributed by atoms with Crippen LogP contribution in [0.15, 0.2) is 24.3 Å². The summed E-state index contributed by atoms with van der Waals surface area (Å²) < 4.78 is 5.00. The van der Waals surface area contributed by atoms with Gasteiger partial charge in [0, 0.05) is 13.1 Å². The van der Waals surface area contributed by atoms with Crippen LogP contribution in [-0.2, 0) is 16.1 Å². The third-order valence-electron chi connectivity index (χ3n) is 5.02. The zero-order valence-electron chi connectivity index (χ0n) is 12.7. The van der Waals surface area contributed by atoms with Crippen LogP contribution in [0.5, 0.6) is 0 Å². The molecule has 1 saturated heterocycles. The second kappa shape index (κ2) is 6.08. The van der Waals surface area contributed by atoms with Crippen molar-refractivity contribution in [2.24, 2.45) is 11.8 Å². The van der Waals surface area contributed by atoms with Crippen molar-refractivity contribution in [1.29, 1.82) is 0 Å². The lowest BCUT2D eigenvalue weighted by Crippen LogP contribution is -2.40. The molecule has 1 aliphatic heterocycles. The van der Waals surface area contributed by atoms with E-state index in [4.69, 9.17) is 9.84 Å². The summed E-state index contributed by atoms with van der Waals surface area (Å²) in [6.45, 7) is 1.58. The molecule has 0 amide bonds. The van der Waals surface area contributed by atoms with E-state index in [1.54, 1.807) is 12.1 Å². The fraction of sp³-hybridized carbons (Fsp3) is 0.529. The number of carboxylic acids is 1. The largest absolute Gasteiger partial charge is 0.478 e. The van der Waals surface area contributed by atoms with E-state index in [0.29, 0.717) is 18.4 Å². The molecule has 1 heterocycles. The maximum Gasteiger partial charge on any atom is 0.335 e. The maximum atomic E-state index is 12.2. The van der Waals surface area contributed by atoms with Crippen LogP contribution >= 0.6 is 0 Å². The summed E-state index contributed by atoms with van der Waals surface area (Å²) in [6, 6.07) is 6.72. The maximum absolute atomic E-state index is 12.2. The highest BCUT2D eigenvalue weighted by molar-refractivity contribution is 5.87. The number of fused-ring (bicyclic) bond motifs is 1. The molecule has 3 unspecified atom stereocenters. The molecular weight excluding hydrogens is 282 g/mol. The van der Waals surface area contributed by atoms with Crippen LogP contribution < -0.4 is 0 Å². The number of hydrogen-bond donors (Lipinski definition) is 1. The molecule has 22 heavy (non-hydrogen) atoms. The van der Waals surface area contributed by atoms with E-state index in [0.717, 1.165) is 18.5 Å². The Morgan fingerprint density at radius 3 is 2.64 bits per heavy atom. The van der Waals surface area contributed by atoms with Crippen molar-refractivity contribution in [3.05, 3.63) is 35.4 Å². The number of likely N-dealkylation sites (tertiary alicyclic amines) is 1. The summed E-state index contributed by atoms with van der Waals surface area (Å²) in [5, 5.41) is 8.94. The number of methoxy groups -OCH3 is 1. The van der Waals surface area contributed by atoms with Gasteiger partial charge in [-0.1, -0.05) is 18.6 Å². The van der Waals surface area contributed by atoms with Crippen molar-refractivity contribution in [3.63, 3.8) is 0 Å². The first-order valence-corrected chi connectivity index (χ1v) is 7.74. The van der Waals surface area contributed by atoms with Gasteiger partial charge in [0.2, 0.25) is 0 Å². The Morgan fingerprint density at radius 1 is 1.27 bits per heavy atom. The molecule has 1 aromatic rings. The minimum absolute atomic E-state index is 0.142. The lowest BCUT2D eigenvalue weighted by molar-refractivity contribution is -0.147. The van der Waals surface area contributed by atoms with Crippen molar-refractivity contribution in [3.8, 4) is 0 Å². The summed E-state index contributed by atoms with van der Waals surface area (Å²) >= 11 is 0. The van der Waals surface area contributed by atoms with E-state index in [-0.39, 0.29) is 17.6 Å². The predicted octanol–water partition coefficient (Wildman–Crippen LogP) is 2.16. The van der Waals surface area contributed by atoms with Crippen LogP contribution in [0.1, 0.15) is 35.2 Å². The van der Waals surface area contributed by atoms with Gasteiger partial charge in [0.25, 0.3) is 0 Å². The van der Waals surface area contributed by atoms with Gasteiger partial charge in [-0.25, -0.2) is 4.79 Å². The molecule has 3 atom stereocenters. The van der Waals surface area contributed by atoms with Crippen LogP contribution in [0.2, 0.25) is 0 Å². The molecule has 5 nitrogen and oxygen atoms in total. The summed E-state index contributed by atoms with van der Waals surface area (Å²) in [5.74, 6) is -0.0700. The van der Waals surface area contributed by atoms with Gasteiger partial charge >= 0.3 is 11.9 Å². The van der Waals surface area contributed by atoms with Gasteiger partial charge in [-0.05, 0) is 42.4 Å². The standard InChI is InChI=1S/C17H21NO4/c1-22-17(21)15-14-4-2-3-13(14)10-18(15)9-11-5-7-12(8-6-11)16(19)20/h5-8,13-15H,2-4,9-10H2,1H3,(H,19,20). The van der Waals surface area contributed by atoms with E-state index >= 15 is 0 Å². The Kier molecular flexibility index (Phi) is 4.16. The Morgan fingerprint density at radius 2 is 2.00 bits per heavy atom. The van der Waals surface area contributed by atoms with Crippen molar-refractivity contribution in [2.45, 2.75) is 31.8 Å². The van der Waals surface area contributed by atoms with E-state index < -0.39 is 5.97 Å². The number of ether oxygens (including phenoxy) is 1. The van der Waals surface area contributed by atoms with Crippen LogP contribution in [0.25, 0.3) is 0 Å². The molecule has 1 N–H and O–H groups in total. The lowest BCUT2D eigenvalue weighted by atomic mass is 9.94. The number of carboxylic acid groups (broad SMARTS) is 1. The number of nitrogens with zero attached hydrogens (tertiary/aromatic N) is 1. The van der Waals surface area contributed by atoms with Crippen molar-refractivity contribution in [2.75, 3.05) is 13.7 Å². The number of hydrogen-bond acceptors (Lipinski definition) is 4. The van der Waals surface area contributed by atoms with Gasteiger partial charge in [0.15, 0.2) is 0 Å². The van der Waals surface area contributed by atoms with Gasteiger partial charge in [-0.3, -0.25) is 9.69 Å². The van der Waals surface area contributed by atoms with Gasteiger partial charge in [-0.15, -0.1) is 0 Å². The van der Waals surface area contributed by atoms with Crippen molar-refractivity contribution in [1.82, 2.24) is 4.90 Å². The molecule has 2 aliphatic rings. The molecule has 3 rings (SSSR count). The Labute approximate surface area is 129 Å². The molecule has 1 aliphatic carbocycles. The number of aromatic carboxylic acids is 1. The molecule has 0 bridgehead atoms. The quantitative estimate of drug-likeness (QED) is 0.863. The third kappa shape index (κ3) is 2.73. The van der Waals surface area contributed by atoms with E-state index in [2.05, 4.69) is 4.90 Å². The number of rotatable bonds is 4. The summed E-state index contributed by atoms with van der Waals surface area (Å²) in [7, 11) is 1.45. The van der Waals surface area contributed by atoms with E-state index in [9.17, 15) is 9.59 Å². The number of benzene rings is 1. The molecule has 0 spiro atoms. The van der Waals surface area contributed by atoms with Gasteiger partial charge in [0.05, 0.1) is 12.7 Å². The van der Waals surface area contributed by atoms with Crippen molar-refractivity contribution >= 4 is 11.9 Å². The highest BCUT2D eigenvalue weighted by atomic mass is 16.5. The molecule has 2 fully saturated rings. The summed E-state index contributed by atoms with van der Waals surface area (Å²) in [6.07, 6.45) is 3.48. The molecule has 0 aromatic heterocycles. The van der Waals surface area contributed by atoms with Gasteiger partial charge < -0.3 is 9.84 Å². The number of carbonyl (C=O) groups is 2. The fourth-order valence-corrected chi connectivity index (χ4v) is 3.99. The molecular formula is C17H21NO4. The lowest BCUT2D eigenvalue weighted by Gasteiger charge is -2.25. The SMILES string of the molecule is COC(=O)C1C2CCCC2CN1Cc1ccc(C(=O)O)cc1. The van der Waals surface area contributed by atoms with Crippen molar-refractivity contribution < 1.29 is 19.4 Å². The Bertz CT molecular complexity index is 569. The topological polar surface area (TPSA) is 66.8 Å². The summed E-state index contributed by atoms with van der Waals surface area (Å²) in [5.41, 5.74) is 1.31. The smallest absolute Gasteiger partial charge is 0.335 e. The second-order valence-corrected chi connectivity index (χ2v) is 6.25. The zero-order chi connectivity index (χ0) is 15.7. The first-order valence-electron chi connectivity index (χ1n) is 7.74. The monoisotopic (exact) mass is 303 g/mol. The average molecular weight is 303 g/mol. The van der Waals surface area contributed by atoms with Crippen LogP contribution in [0.4, 0.5) is 0 Å². The molecule has 118 valence electrons. The predicted molar refractivity (Wildman–Crippen MR) is 80.4 cm³/mol. The zero-order valence-corrected chi connectivity index (χ0v) is 12.7. The van der Waals surface area contributed by atoms with Crippen LogP contribution in [-0.4, -0.2) is 41.6 Å². The first-order chi connectivity index (χ1) is 10.6. The van der Waals surface area contributed by atoms with E-state index in [1.165, 1.54) is 20.0 Å². The van der Waals surface area contributed by atoms with Crippen LogP contribution in [0.3, 0.4) is 0 Å². The fourth-order valence-electron chi connectivity index (χ4n) is 3.99. The normalized spacial score (nSPS) is 27.6. The number of esters is 1. The highest BCUT2D eigenvalue weighted by Gasteiger charge is 2.47. The van der Waals surface area contributed by atoms with Gasteiger partial charge in [-0.2, -0.15) is 0 Å². The highest BCUT2D eigenvalue weighted by Crippen LogP contribution is 2.43. The molecule has 1 aromatic carbocycles. The third-order valence-corrected chi connectivity index (χ3v) is 5.02. The molecule has 0 radical (unpaired) electrons. The van der Waals surface area contributed by atoms with E-state index in [1.807, 2.05) is 12.1 Å². The first kappa shape index (κ1) is 15.0. The molecule has 1 saturated carbocycles. The average Bonchev–Trinajstić information content (AvgIpc) is 3.07. The minimum Gasteiger partial charge on any atom is -0.478 e. The Hall–Kier alpha value is -1.88. The van der Waals surface area contributed by atoms with Crippen LogP contribution in [0, 0.1) is 11.8 Å².